The second kappa shape index (κ2) is 14.3. The van der Waals surface area contributed by atoms with Crippen LogP contribution in [-0.4, -0.2) is 44.3 Å². The van der Waals surface area contributed by atoms with Crippen LogP contribution in [0.1, 0.15) is 50.5 Å². The van der Waals surface area contributed by atoms with Crippen LogP contribution in [0.5, 0.6) is 0 Å². The van der Waals surface area contributed by atoms with Crippen LogP contribution in [0.2, 0.25) is 0 Å². The molecule has 0 heterocycles. The summed E-state index contributed by atoms with van der Waals surface area (Å²) in [5, 5.41) is 33.8. The van der Waals surface area contributed by atoms with E-state index in [1.807, 2.05) is 30.3 Å². The third-order valence-corrected chi connectivity index (χ3v) is 3.65. The average molecular weight is 382 g/mol. The molecule has 8 nitrogen and oxygen atoms in total. The fraction of sp³-hybridized carbons (Fsp3) is 0.474. The SMILES string of the molecule is O=C(O)CCCC(Cc1ccccc1)C(=O)O.O=C(O)CCCCC(=O)O. The van der Waals surface area contributed by atoms with Crippen molar-refractivity contribution in [3.63, 3.8) is 0 Å². The topological polar surface area (TPSA) is 149 Å². The second-order valence-electron chi connectivity index (χ2n) is 6.01. The average Bonchev–Trinajstić information content (AvgIpc) is 2.58. The number of benzene rings is 1. The van der Waals surface area contributed by atoms with Crippen LogP contribution in [-0.2, 0) is 25.6 Å². The number of rotatable bonds is 12. The zero-order chi connectivity index (χ0) is 20.7. The zero-order valence-corrected chi connectivity index (χ0v) is 15.0. The van der Waals surface area contributed by atoms with Crippen LogP contribution < -0.4 is 0 Å². The van der Waals surface area contributed by atoms with Gasteiger partial charge in [0.2, 0.25) is 0 Å². The van der Waals surface area contributed by atoms with E-state index in [2.05, 4.69) is 0 Å². The van der Waals surface area contributed by atoms with E-state index in [0.29, 0.717) is 32.1 Å². The van der Waals surface area contributed by atoms with Crippen molar-refractivity contribution in [3.8, 4) is 0 Å². The molecule has 1 aromatic carbocycles. The van der Waals surface area contributed by atoms with Crippen molar-refractivity contribution in [1.82, 2.24) is 0 Å². The molecule has 0 aromatic heterocycles. The number of aliphatic carboxylic acids is 4. The lowest BCUT2D eigenvalue weighted by Gasteiger charge is -2.11. The van der Waals surface area contributed by atoms with Crippen molar-refractivity contribution in [2.24, 2.45) is 5.92 Å². The molecule has 0 saturated carbocycles. The van der Waals surface area contributed by atoms with Gasteiger partial charge >= 0.3 is 23.9 Å². The molecule has 0 aliphatic heterocycles. The van der Waals surface area contributed by atoms with E-state index >= 15 is 0 Å². The smallest absolute Gasteiger partial charge is 0.306 e. The molecule has 0 amide bonds. The Morgan fingerprint density at radius 2 is 1.15 bits per heavy atom. The minimum atomic E-state index is -0.881. The van der Waals surface area contributed by atoms with Crippen molar-refractivity contribution >= 4 is 23.9 Å². The van der Waals surface area contributed by atoms with E-state index in [4.69, 9.17) is 20.4 Å². The van der Waals surface area contributed by atoms with Crippen molar-refractivity contribution in [2.45, 2.75) is 51.4 Å². The Morgan fingerprint density at radius 1 is 0.704 bits per heavy atom. The van der Waals surface area contributed by atoms with Crippen LogP contribution in [0.3, 0.4) is 0 Å². The Hall–Kier alpha value is -2.90. The minimum absolute atomic E-state index is 0.0264. The first kappa shape index (κ1) is 24.1. The molecular formula is C19H26O8. The second-order valence-corrected chi connectivity index (χ2v) is 6.01. The van der Waals surface area contributed by atoms with Gasteiger partial charge in [-0.25, -0.2) is 0 Å². The summed E-state index contributed by atoms with van der Waals surface area (Å²) in [6.45, 7) is 0. The summed E-state index contributed by atoms with van der Waals surface area (Å²) in [5.74, 6) is -3.99. The standard InChI is InChI=1S/C13H16O4.C6H10O4/c14-12(15)8-4-7-11(13(16)17)9-10-5-2-1-3-6-10;7-5(8)3-1-2-4-6(9)10/h1-3,5-6,11H,4,7-9H2,(H,14,15)(H,16,17);1-4H2,(H,7,8)(H,9,10). The minimum Gasteiger partial charge on any atom is -0.481 e. The summed E-state index contributed by atoms with van der Waals surface area (Å²) in [4.78, 5) is 41.2. The molecule has 4 N–H and O–H groups in total. The molecule has 0 radical (unpaired) electrons. The van der Waals surface area contributed by atoms with Crippen LogP contribution >= 0.6 is 0 Å². The number of unbranched alkanes of at least 4 members (excludes halogenated alkanes) is 1. The van der Waals surface area contributed by atoms with Crippen LogP contribution in [0.4, 0.5) is 0 Å². The van der Waals surface area contributed by atoms with Gasteiger partial charge in [-0.15, -0.1) is 0 Å². The fourth-order valence-electron chi connectivity index (χ4n) is 2.26. The molecule has 0 spiro atoms. The van der Waals surface area contributed by atoms with E-state index in [-0.39, 0.29) is 19.3 Å². The summed E-state index contributed by atoms with van der Waals surface area (Å²) in [6.07, 6.45) is 2.30. The van der Waals surface area contributed by atoms with E-state index in [9.17, 15) is 19.2 Å². The summed E-state index contributed by atoms with van der Waals surface area (Å²) >= 11 is 0. The van der Waals surface area contributed by atoms with Gasteiger partial charge in [0, 0.05) is 19.3 Å². The lowest BCUT2D eigenvalue weighted by molar-refractivity contribution is -0.143. The maximum absolute atomic E-state index is 11.0. The fourth-order valence-corrected chi connectivity index (χ4v) is 2.26. The van der Waals surface area contributed by atoms with E-state index in [0.717, 1.165) is 5.56 Å². The molecule has 150 valence electrons. The molecule has 1 unspecified atom stereocenters. The molecular weight excluding hydrogens is 356 g/mol. The third-order valence-electron chi connectivity index (χ3n) is 3.65. The van der Waals surface area contributed by atoms with Crippen LogP contribution in [0.25, 0.3) is 0 Å². The Kier molecular flexibility index (Phi) is 12.8. The van der Waals surface area contributed by atoms with E-state index < -0.39 is 29.8 Å². The monoisotopic (exact) mass is 382 g/mol. The maximum atomic E-state index is 11.0. The van der Waals surface area contributed by atoms with Crippen molar-refractivity contribution < 1.29 is 39.6 Å². The Bertz CT molecular complexity index is 581. The number of hydrogen-bond donors (Lipinski definition) is 4. The van der Waals surface area contributed by atoms with Crippen molar-refractivity contribution in [3.05, 3.63) is 35.9 Å². The Labute approximate surface area is 157 Å². The summed E-state index contributed by atoms with van der Waals surface area (Å²) < 4.78 is 0. The zero-order valence-electron chi connectivity index (χ0n) is 15.0. The van der Waals surface area contributed by atoms with Crippen molar-refractivity contribution in [1.29, 1.82) is 0 Å². The molecule has 0 fully saturated rings. The Balaban J connectivity index is 0.000000580. The highest BCUT2D eigenvalue weighted by Crippen LogP contribution is 2.15. The largest absolute Gasteiger partial charge is 0.481 e. The Morgan fingerprint density at radius 3 is 1.56 bits per heavy atom. The van der Waals surface area contributed by atoms with E-state index in [1.54, 1.807) is 0 Å². The summed E-state index contributed by atoms with van der Waals surface area (Å²) in [5.41, 5.74) is 0.968. The van der Waals surface area contributed by atoms with Gasteiger partial charge in [-0.2, -0.15) is 0 Å². The van der Waals surface area contributed by atoms with Gasteiger partial charge in [0.15, 0.2) is 0 Å². The third kappa shape index (κ3) is 15.1. The molecule has 1 aromatic rings. The van der Waals surface area contributed by atoms with Gasteiger partial charge in [-0.1, -0.05) is 30.3 Å². The lowest BCUT2D eigenvalue weighted by atomic mass is 9.94. The molecule has 1 rings (SSSR count). The molecule has 0 aliphatic rings. The maximum Gasteiger partial charge on any atom is 0.306 e. The molecule has 8 heteroatoms. The normalized spacial score (nSPS) is 11.0. The van der Waals surface area contributed by atoms with Gasteiger partial charge < -0.3 is 20.4 Å². The van der Waals surface area contributed by atoms with Gasteiger partial charge in [-0.05, 0) is 37.7 Å². The predicted molar refractivity (Wildman–Crippen MR) is 96.5 cm³/mol. The molecule has 27 heavy (non-hydrogen) atoms. The van der Waals surface area contributed by atoms with E-state index in [1.165, 1.54) is 0 Å². The molecule has 1 atom stereocenters. The highest BCUT2D eigenvalue weighted by Gasteiger charge is 2.17. The first-order valence-corrected chi connectivity index (χ1v) is 8.64. The van der Waals surface area contributed by atoms with Gasteiger partial charge in [0.05, 0.1) is 5.92 Å². The van der Waals surface area contributed by atoms with Gasteiger partial charge in [-0.3, -0.25) is 19.2 Å². The van der Waals surface area contributed by atoms with Crippen LogP contribution in [0.15, 0.2) is 30.3 Å². The first-order valence-electron chi connectivity index (χ1n) is 8.64. The summed E-state index contributed by atoms with van der Waals surface area (Å²) in [6, 6.07) is 9.38. The number of carboxylic acids is 4. The van der Waals surface area contributed by atoms with Gasteiger partial charge in [0.25, 0.3) is 0 Å². The van der Waals surface area contributed by atoms with Crippen LogP contribution in [0, 0.1) is 5.92 Å². The van der Waals surface area contributed by atoms with Crippen molar-refractivity contribution in [2.75, 3.05) is 0 Å². The lowest BCUT2D eigenvalue weighted by Crippen LogP contribution is -2.16. The molecule has 0 saturated heterocycles. The predicted octanol–water partition coefficient (Wildman–Crippen LogP) is 2.90. The molecule has 0 aliphatic carbocycles. The number of carbonyl (C=O) groups is 4. The highest BCUT2D eigenvalue weighted by molar-refractivity contribution is 5.71. The first-order chi connectivity index (χ1) is 12.7. The number of carboxylic acid groups (broad SMARTS) is 4. The highest BCUT2D eigenvalue weighted by atomic mass is 16.4. The number of hydrogen-bond acceptors (Lipinski definition) is 4. The quantitative estimate of drug-likeness (QED) is 0.403. The van der Waals surface area contributed by atoms with Gasteiger partial charge in [0.1, 0.15) is 0 Å². The summed E-state index contributed by atoms with van der Waals surface area (Å²) in [7, 11) is 0. The molecule has 0 bridgehead atoms.